The van der Waals surface area contributed by atoms with Crippen LogP contribution >= 0.6 is 0 Å². The largest absolute Gasteiger partial charge is 0.393 e. The molecule has 0 spiro atoms. The van der Waals surface area contributed by atoms with Crippen LogP contribution in [0.4, 0.5) is 0 Å². The highest BCUT2D eigenvalue weighted by Crippen LogP contribution is 2.27. The van der Waals surface area contributed by atoms with Crippen LogP contribution in [-0.2, 0) is 0 Å². The molecule has 4 atom stereocenters. The number of aliphatic hydroxyl groups excluding tert-OH is 1. The maximum atomic E-state index is 9.08. The zero-order chi connectivity index (χ0) is 16.7. The molecule has 0 bridgehead atoms. The minimum absolute atomic E-state index is 0.0127. The fourth-order valence-corrected chi connectivity index (χ4v) is 2.95. The fraction of sp³-hybridized carbons (Fsp3) is 0.947. The molecular formula is C19H39NO. The maximum absolute atomic E-state index is 9.08. The van der Waals surface area contributed by atoms with E-state index in [2.05, 4.69) is 19.9 Å². The van der Waals surface area contributed by atoms with Crippen LogP contribution in [0, 0.1) is 29.1 Å². The molecule has 2 fully saturated rings. The lowest BCUT2D eigenvalue weighted by Gasteiger charge is -2.21. The second-order valence-electron chi connectivity index (χ2n) is 6.02. The van der Waals surface area contributed by atoms with Crippen molar-refractivity contribution in [3.05, 3.63) is 0 Å². The number of hydrogen-bond acceptors (Lipinski definition) is 2. The van der Waals surface area contributed by atoms with E-state index in [-0.39, 0.29) is 6.10 Å². The van der Waals surface area contributed by atoms with E-state index in [1.165, 1.54) is 25.7 Å². The lowest BCUT2D eigenvalue weighted by atomic mass is 9.83. The van der Waals surface area contributed by atoms with Crippen molar-refractivity contribution in [2.24, 2.45) is 17.8 Å². The van der Waals surface area contributed by atoms with E-state index in [0.717, 1.165) is 37.5 Å². The van der Waals surface area contributed by atoms with Crippen LogP contribution < -0.4 is 0 Å². The summed E-state index contributed by atoms with van der Waals surface area (Å²) in [6, 6.07) is 2.33. The number of aliphatic hydroxyl groups is 1. The summed E-state index contributed by atoms with van der Waals surface area (Å²) >= 11 is 0. The van der Waals surface area contributed by atoms with E-state index in [1.54, 1.807) is 0 Å². The number of rotatable bonds is 0. The molecule has 3 unspecified atom stereocenters. The Bertz CT molecular complexity index is 238. The molecule has 2 nitrogen and oxygen atoms in total. The van der Waals surface area contributed by atoms with E-state index in [1.807, 2.05) is 27.7 Å². The predicted molar refractivity (Wildman–Crippen MR) is 93.1 cm³/mol. The third kappa shape index (κ3) is 12.9. The lowest BCUT2D eigenvalue weighted by Crippen LogP contribution is -2.16. The molecule has 0 saturated heterocycles. The molecule has 2 aliphatic carbocycles. The second kappa shape index (κ2) is 15.8. The van der Waals surface area contributed by atoms with Crippen molar-refractivity contribution in [2.45, 2.75) is 99.0 Å². The van der Waals surface area contributed by atoms with E-state index in [0.29, 0.717) is 5.92 Å². The van der Waals surface area contributed by atoms with Crippen molar-refractivity contribution in [2.75, 3.05) is 0 Å². The molecule has 0 aromatic rings. The number of nitrogens with zero attached hydrogens (tertiary/aromatic N) is 1. The predicted octanol–water partition coefficient (Wildman–Crippen LogP) is 5.95. The Morgan fingerprint density at radius 3 is 1.57 bits per heavy atom. The molecule has 2 rings (SSSR count). The smallest absolute Gasteiger partial charge is 0.0655 e. The van der Waals surface area contributed by atoms with Crippen LogP contribution in [0.3, 0.4) is 0 Å². The molecule has 0 amide bonds. The highest BCUT2D eigenvalue weighted by atomic mass is 16.3. The summed E-state index contributed by atoms with van der Waals surface area (Å²) in [6.07, 6.45) is 9.48. The van der Waals surface area contributed by atoms with Gasteiger partial charge in [-0.1, -0.05) is 67.2 Å². The van der Waals surface area contributed by atoms with Gasteiger partial charge in [-0.3, -0.25) is 0 Å². The fourth-order valence-electron chi connectivity index (χ4n) is 2.95. The van der Waals surface area contributed by atoms with Gasteiger partial charge in [-0.2, -0.15) is 5.26 Å². The van der Waals surface area contributed by atoms with Gasteiger partial charge in [-0.25, -0.2) is 0 Å². The summed E-state index contributed by atoms with van der Waals surface area (Å²) in [7, 11) is 0. The minimum atomic E-state index is 0.0127. The molecule has 0 heterocycles. The number of hydrogen-bond donors (Lipinski definition) is 1. The molecule has 1 N–H and O–H groups in total. The van der Waals surface area contributed by atoms with Crippen LogP contribution in [0.1, 0.15) is 92.9 Å². The lowest BCUT2D eigenvalue weighted by molar-refractivity contribution is 0.106. The van der Waals surface area contributed by atoms with Gasteiger partial charge < -0.3 is 5.11 Å². The van der Waals surface area contributed by atoms with Crippen molar-refractivity contribution in [3.63, 3.8) is 0 Å². The SMILES string of the molecule is CC.CC.CC1CCCC(O)C1.CC1CCC[C@@H](C#N)C1. The van der Waals surface area contributed by atoms with E-state index in [4.69, 9.17) is 10.4 Å². The third-order valence-corrected chi connectivity index (χ3v) is 4.03. The first-order valence-electron chi connectivity index (χ1n) is 9.19. The first-order chi connectivity index (χ1) is 10.1. The molecule has 0 aromatic carbocycles. The Morgan fingerprint density at radius 1 is 0.810 bits per heavy atom. The molecular weight excluding hydrogens is 258 g/mol. The van der Waals surface area contributed by atoms with Gasteiger partial charge in [0.05, 0.1) is 12.2 Å². The van der Waals surface area contributed by atoms with Crippen molar-refractivity contribution in [3.8, 4) is 6.07 Å². The zero-order valence-electron chi connectivity index (χ0n) is 15.4. The Morgan fingerprint density at radius 2 is 1.29 bits per heavy atom. The van der Waals surface area contributed by atoms with Gasteiger partial charge in [-0.05, 0) is 37.5 Å². The van der Waals surface area contributed by atoms with Gasteiger partial charge >= 0.3 is 0 Å². The summed E-state index contributed by atoms with van der Waals surface area (Å²) in [5.74, 6) is 1.93. The van der Waals surface area contributed by atoms with E-state index in [9.17, 15) is 0 Å². The maximum Gasteiger partial charge on any atom is 0.0655 e. The highest BCUT2D eigenvalue weighted by Gasteiger charge is 2.17. The van der Waals surface area contributed by atoms with Crippen LogP contribution in [-0.4, -0.2) is 11.2 Å². The zero-order valence-corrected chi connectivity index (χ0v) is 15.4. The first kappa shape index (κ1) is 22.7. The van der Waals surface area contributed by atoms with Crippen molar-refractivity contribution >= 4 is 0 Å². The first-order valence-corrected chi connectivity index (χ1v) is 9.19. The van der Waals surface area contributed by atoms with Gasteiger partial charge in [0.25, 0.3) is 0 Å². The summed E-state index contributed by atoms with van der Waals surface area (Å²) in [5, 5.41) is 17.6. The van der Waals surface area contributed by atoms with Gasteiger partial charge in [-0.15, -0.1) is 0 Å². The van der Waals surface area contributed by atoms with Crippen molar-refractivity contribution < 1.29 is 5.11 Å². The van der Waals surface area contributed by atoms with Crippen molar-refractivity contribution in [1.82, 2.24) is 0 Å². The average molecular weight is 298 g/mol. The molecule has 0 radical (unpaired) electrons. The molecule has 126 valence electrons. The Hall–Kier alpha value is -0.550. The summed E-state index contributed by atoms with van der Waals surface area (Å²) in [4.78, 5) is 0. The highest BCUT2D eigenvalue weighted by molar-refractivity contribution is 4.86. The molecule has 2 heteroatoms. The Kier molecular flexibility index (Phi) is 17.1. The minimum Gasteiger partial charge on any atom is -0.393 e. The van der Waals surface area contributed by atoms with Gasteiger partial charge in [0.1, 0.15) is 0 Å². The molecule has 2 saturated carbocycles. The van der Waals surface area contributed by atoms with Gasteiger partial charge in [0, 0.05) is 5.92 Å². The van der Waals surface area contributed by atoms with Gasteiger partial charge in [0.2, 0.25) is 0 Å². The summed E-state index contributed by atoms with van der Waals surface area (Å²) in [5.41, 5.74) is 0. The Balaban J connectivity index is 0. The van der Waals surface area contributed by atoms with Crippen LogP contribution in [0.5, 0.6) is 0 Å². The standard InChI is InChI=1S/C8H13N.C7H14O.2C2H6/c1-7-3-2-4-8(5-7)6-9;1-6-3-2-4-7(8)5-6;2*1-2/h7-8H,2-5H2,1H3;6-8H,2-5H2,1H3;2*1-2H3/t7?,8-;;;/m1.../s1. The van der Waals surface area contributed by atoms with E-state index >= 15 is 0 Å². The second-order valence-corrected chi connectivity index (χ2v) is 6.02. The molecule has 2 aliphatic rings. The van der Waals surface area contributed by atoms with Crippen molar-refractivity contribution in [1.29, 1.82) is 5.26 Å². The monoisotopic (exact) mass is 297 g/mol. The topological polar surface area (TPSA) is 44.0 Å². The Labute approximate surface area is 134 Å². The average Bonchev–Trinajstić information content (AvgIpc) is 2.51. The molecule has 21 heavy (non-hydrogen) atoms. The van der Waals surface area contributed by atoms with Crippen LogP contribution in [0.15, 0.2) is 0 Å². The van der Waals surface area contributed by atoms with Crippen LogP contribution in [0.2, 0.25) is 0 Å². The quantitative estimate of drug-likeness (QED) is 0.600. The molecule has 0 aromatic heterocycles. The summed E-state index contributed by atoms with van der Waals surface area (Å²) < 4.78 is 0. The normalized spacial score (nSPS) is 31.0. The summed E-state index contributed by atoms with van der Waals surface area (Å²) in [6.45, 7) is 12.5. The van der Waals surface area contributed by atoms with E-state index < -0.39 is 0 Å². The third-order valence-electron chi connectivity index (χ3n) is 4.03. The van der Waals surface area contributed by atoms with Crippen LogP contribution in [0.25, 0.3) is 0 Å². The molecule has 0 aliphatic heterocycles. The van der Waals surface area contributed by atoms with Gasteiger partial charge in [0.15, 0.2) is 0 Å². The number of nitriles is 1.